The Hall–Kier alpha value is -1.60. The van der Waals surface area contributed by atoms with E-state index in [4.69, 9.17) is 4.74 Å². The first-order chi connectivity index (χ1) is 11.4. The second-order valence-corrected chi connectivity index (χ2v) is 8.94. The predicted molar refractivity (Wildman–Crippen MR) is 89.3 cm³/mol. The lowest BCUT2D eigenvalue weighted by Gasteiger charge is -2.36. The Bertz CT molecular complexity index is 780. The number of nitrogens with zero attached hydrogens (tertiary/aromatic N) is 1. The number of para-hydroxylation sites is 1. The summed E-state index contributed by atoms with van der Waals surface area (Å²) in [6.45, 7) is 2.73. The third-order valence-electron chi connectivity index (χ3n) is 5.47. The summed E-state index contributed by atoms with van der Waals surface area (Å²) in [4.78, 5) is 12.7. The van der Waals surface area contributed by atoms with Crippen molar-refractivity contribution in [2.24, 2.45) is 5.41 Å². The van der Waals surface area contributed by atoms with Crippen LogP contribution in [0.5, 0.6) is 0 Å². The van der Waals surface area contributed by atoms with Gasteiger partial charge in [-0.2, -0.15) is 0 Å². The van der Waals surface area contributed by atoms with Gasteiger partial charge in [0.15, 0.2) is 0 Å². The summed E-state index contributed by atoms with van der Waals surface area (Å²) in [5.74, 6) is 0. The molecule has 1 atom stereocenters. The fourth-order valence-electron chi connectivity index (χ4n) is 3.82. The van der Waals surface area contributed by atoms with Crippen molar-refractivity contribution in [3.63, 3.8) is 0 Å². The van der Waals surface area contributed by atoms with Gasteiger partial charge in [-0.1, -0.05) is 12.1 Å². The lowest BCUT2D eigenvalue weighted by atomic mass is 9.92. The first kappa shape index (κ1) is 15.9. The lowest BCUT2D eigenvalue weighted by molar-refractivity contribution is -0.0330. The van der Waals surface area contributed by atoms with Crippen LogP contribution in [-0.2, 0) is 14.8 Å². The molecule has 0 spiro atoms. The summed E-state index contributed by atoms with van der Waals surface area (Å²) in [5, 5.41) is 2.75. The van der Waals surface area contributed by atoms with Crippen molar-refractivity contribution >= 4 is 21.7 Å². The van der Waals surface area contributed by atoms with Crippen LogP contribution in [0.1, 0.15) is 37.7 Å². The molecule has 2 fully saturated rings. The van der Waals surface area contributed by atoms with Gasteiger partial charge in [-0.15, -0.1) is 0 Å². The average molecular weight is 350 g/mol. The van der Waals surface area contributed by atoms with Crippen LogP contribution >= 0.6 is 0 Å². The van der Waals surface area contributed by atoms with E-state index in [0.717, 1.165) is 48.6 Å². The fraction of sp³-hybridized carbons (Fsp3) is 0.588. The third kappa shape index (κ3) is 2.41. The van der Waals surface area contributed by atoms with Gasteiger partial charge in [0.05, 0.1) is 11.8 Å². The number of amides is 2. The van der Waals surface area contributed by atoms with Crippen molar-refractivity contribution in [1.29, 1.82) is 0 Å². The summed E-state index contributed by atoms with van der Waals surface area (Å²) >= 11 is 0. The van der Waals surface area contributed by atoms with E-state index in [1.165, 1.54) is 0 Å². The van der Waals surface area contributed by atoms with E-state index in [9.17, 15) is 13.2 Å². The van der Waals surface area contributed by atoms with Crippen LogP contribution < -0.4 is 5.32 Å². The molecule has 1 aliphatic carbocycles. The van der Waals surface area contributed by atoms with Crippen molar-refractivity contribution in [2.75, 3.05) is 18.5 Å². The van der Waals surface area contributed by atoms with Gasteiger partial charge in [0.2, 0.25) is 0 Å². The highest BCUT2D eigenvalue weighted by molar-refractivity contribution is 7.90. The average Bonchev–Trinajstić information content (AvgIpc) is 3.35. The number of hydrogen-bond donors (Lipinski definition) is 1. The number of ether oxygens (including phenoxy) is 1. The number of rotatable bonds is 3. The number of fused-ring (bicyclic) bond motifs is 1. The smallest absolute Gasteiger partial charge is 0.335 e. The monoisotopic (exact) mass is 350 g/mol. The molecule has 1 aromatic rings. The first-order valence-electron chi connectivity index (χ1n) is 8.49. The summed E-state index contributed by atoms with van der Waals surface area (Å²) in [7, 11) is -3.82. The number of carbonyl (C=O) groups excluding carboxylic acids is 1. The topological polar surface area (TPSA) is 75.7 Å². The quantitative estimate of drug-likeness (QED) is 0.909. The molecule has 1 saturated heterocycles. The minimum Gasteiger partial charge on any atom is -0.378 e. The predicted octanol–water partition coefficient (Wildman–Crippen LogP) is 2.88. The molecule has 7 heteroatoms. The number of hydrogen-bond acceptors (Lipinski definition) is 4. The number of aryl methyl sites for hydroxylation is 1. The van der Waals surface area contributed by atoms with E-state index >= 15 is 0 Å². The molecule has 0 bridgehead atoms. The van der Waals surface area contributed by atoms with Crippen LogP contribution in [0.15, 0.2) is 23.1 Å². The molecular formula is C17H22N2O4S. The molecule has 2 amide bonds. The maximum absolute atomic E-state index is 13.0. The Morgan fingerprint density at radius 1 is 1.33 bits per heavy atom. The van der Waals surface area contributed by atoms with E-state index in [1.807, 2.05) is 0 Å². The van der Waals surface area contributed by atoms with E-state index in [-0.39, 0.29) is 23.0 Å². The minimum atomic E-state index is -3.82. The van der Waals surface area contributed by atoms with Crippen LogP contribution in [-0.4, -0.2) is 38.0 Å². The van der Waals surface area contributed by atoms with Crippen LogP contribution in [0.25, 0.3) is 0 Å². The van der Waals surface area contributed by atoms with Crippen molar-refractivity contribution < 1.29 is 17.9 Å². The van der Waals surface area contributed by atoms with Crippen molar-refractivity contribution in [1.82, 2.24) is 4.31 Å². The molecule has 1 aromatic carbocycles. The van der Waals surface area contributed by atoms with Gasteiger partial charge in [0.25, 0.3) is 10.0 Å². The van der Waals surface area contributed by atoms with Crippen LogP contribution in [0.4, 0.5) is 10.5 Å². The van der Waals surface area contributed by atoms with Crippen molar-refractivity contribution in [3.8, 4) is 0 Å². The van der Waals surface area contributed by atoms with E-state index in [0.29, 0.717) is 5.69 Å². The van der Waals surface area contributed by atoms with Gasteiger partial charge in [-0.3, -0.25) is 0 Å². The second kappa shape index (κ2) is 5.46. The highest BCUT2D eigenvalue weighted by Gasteiger charge is 2.54. The van der Waals surface area contributed by atoms with E-state index in [2.05, 4.69) is 5.32 Å². The zero-order valence-electron chi connectivity index (χ0n) is 13.7. The molecule has 3 aliphatic rings. The molecule has 1 saturated carbocycles. The van der Waals surface area contributed by atoms with Gasteiger partial charge < -0.3 is 10.1 Å². The molecule has 6 nitrogen and oxygen atoms in total. The Morgan fingerprint density at radius 2 is 2.12 bits per heavy atom. The molecule has 4 rings (SSSR count). The maximum atomic E-state index is 13.0. The number of urea groups is 1. The zero-order chi connectivity index (χ0) is 16.9. The molecule has 24 heavy (non-hydrogen) atoms. The molecule has 0 radical (unpaired) electrons. The van der Waals surface area contributed by atoms with Gasteiger partial charge in [0, 0.05) is 18.6 Å². The van der Waals surface area contributed by atoms with Gasteiger partial charge in [-0.25, -0.2) is 17.5 Å². The zero-order valence-corrected chi connectivity index (χ0v) is 14.6. The van der Waals surface area contributed by atoms with Crippen molar-refractivity contribution in [2.45, 2.75) is 50.0 Å². The summed E-state index contributed by atoms with van der Waals surface area (Å²) in [6, 6.07) is 4.50. The fourth-order valence-corrected chi connectivity index (χ4v) is 5.47. The highest BCUT2D eigenvalue weighted by Crippen LogP contribution is 2.53. The number of carbonyl (C=O) groups is 1. The summed E-state index contributed by atoms with van der Waals surface area (Å²) in [6.07, 6.45) is 5.00. The summed E-state index contributed by atoms with van der Waals surface area (Å²) < 4.78 is 32.9. The van der Waals surface area contributed by atoms with Crippen LogP contribution in [0, 0.1) is 12.3 Å². The second-order valence-electron chi connectivity index (χ2n) is 7.11. The molecule has 1 unspecified atom stereocenters. The number of nitrogens with one attached hydrogen (secondary N) is 1. The SMILES string of the molecule is Cc1cccc2c1NC(=O)N(CC1(C3CCCCO3)CC1)S2(=O)=O. The Labute approximate surface area is 142 Å². The normalized spacial score (nSPS) is 27.3. The van der Waals surface area contributed by atoms with Gasteiger partial charge >= 0.3 is 6.03 Å². The van der Waals surface area contributed by atoms with Crippen LogP contribution in [0.3, 0.4) is 0 Å². The number of sulfonamides is 1. The van der Waals surface area contributed by atoms with E-state index in [1.54, 1.807) is 25.1 Å². The third-order valence-corrected chi connectivity index (χ3v) is 7.25. The molecule has 130 valence electrons. The largest absolute Gasteiger partial charge is 0.378 e. The van der Waals surface area contributed by atoms with Crippen molar-refractivity contribution in [3.05, 3.63) is 23.8 Å². The standard InChI is InChI=1S/C17H22N2O4S/c1-12-5-4-6-13-15(12)18-16(20)19(24(13,21)22)11-17(8-9-17)14-7-2-3-10-23-14/h4-6,14H,2-3,7-11H2,1H3,(H,18,20). The van der Waals surface area contributed by atoms with Gasteiger partial charge in [0.1, 0.15) is 4.90 Å². The Balaban J connectivity index is 1.65. The van der Waals surface area contributed by atoms with Gasteiger partial charge in [-0.05, 0) is 50.7 Å². The van der Waals surface area contributed by atoms with Crippen LogP contribution in [0.2, 0.25) is 0 Å². The number of benzene rings is 1. The Kier molecular flexibility index (Phi) is 3.61. The molecule has 2 heterocycles. The maximum Gasteiger partial charge on any atom is 0.335 e. The lowest BCUT2D eigenvalue weighted by Crippen LogP contribution is -2.49. The summed E-state index contributed by atoms with van der Waals surface area (Å²) in [5.41, 5.74) is 0.949. The molecule has 2 aliphatic heterocycles. The molecule has 0 aromatic heterocycles. The molecule has 1 N–H and O–H groups in total. The first-order valence-corrected chi connectivity index (χ1v) is 9.93. The molecular weight excluding hydrogens is 328 g/mol. The minimum absolute atomic E-state index is 0.0631. The Morgan fingerprint density at radius 3 is 2.79 bits per heavy atom. The van der Waals surface area contributed by atoms with E-state index < -0.39 is 16.1 Å². The number of anilines is 1. The highest BCUT2D eigenvalue weighted by atomic mass is 32.2.